The van der Waals surface area contributed by atoms with Crippen LogP contribution in [0.4, 0.5) is 5.69 Å². The third-order valence-corrected chi connectivity index (χ3v) is 4.85. The molecule has 1 unspecified atom stereocenters. The van der Waals surface area contributed by atoms with Crippen molar-refractivity contribution >= 4 is 29.9 Å². The lowest BCUT2D eigenvalue weighted by atomic mass is 10.1. The highest BCUT2D eigenvalue weighted by Gasteiger charge is 2.37. The molecule has 2 saturated heterocycles. The summed E-state index contributed by atoms with van der Waals surface area (Å²) < 4.78 is 4.66. The predicted molar refractivity (Wildman–Crippen MR) is 92.5 cm³/mol. The largest absolute Gasteiger partial charge is 0.465 e. The lowest BCUT2D eigenvalue weighted by Gasteiger charge is -2.33. The number of methoxy groups -OCH3 is 1. The third kappa shape index (κ3) is 3.54. The maximum absolute atomic E-state index is 12.7. The van der Waals surface area contributed by atoms with Crippen molar-refractivity contribution in [1.82, 2.24) is 9.80 Å². The number of benzene rings is 1. The van der Waals surface area contributed by atoms with Crippen molar-refractivity contribution in [1.29, 1.82) is 0 Å². The summed E-state index contributed by atoms with van der Waals surface area (Å²) in [5.41, 5.74) is 1.06. The second-order valence-corrected chi connectivity index (χ2v) is 6.41. The summed E-state index contributed by atoms with van der Waals surface area (Å²) in [6.45, 7) is 2.36. The number of rotatable bonds is 4. The molecule has 0 aliphatic carbocycles. The van der Waals surface area contributed by atoms with E-state index in [1.165, 1.54) is 7.11 Å². The van der Waals surface area contributed by atoms with E-state index in [-0.39, 0.29) is 24.2 Å². The van der Waals surface area contributed by atoms with Crippen LogP contribution in [0.1, 0.15) is 16.8 Å². The van der Waals surface area contributed by atoms with E-state index in [0.29, 0.717) is 44.0 Å². The monoisotopic (exact) mass is 359 g/mol. The molecule has 0 spiro atoms. The van der Waals surface area contributed by atoms with Gasteiger partial charge in [-0.15, -0.1) is 0 Å². The summed E-state index contributed by atoms with van der Waals surface area (Å²) in [4.78, 5) is 52.2. The number of amides is 3. The average Bonchev–Trinajstić information content (AvgIpc) is 3.08. The Bertz CT molecular complexity index is 710. The lowest BCUT2D eigenvalue weighted by Crippen LogP contribution is -2.50. The van der Waals surface area contributed by atoms with Gasteiger partial charge in [0.1, 0.15) is 0 Å². The molecule has 8 heteroatoms. The van der Waals surface area contributed by atoms with Gasteiger partial charge in [-0.3, -0.25) is 14.4 Å². The van der Waals surface area contributed by atoms with Gasteiger partial charge in [-0.25, -0.2) is 4.79 Å². The third-order valence-electron chi connectivity index (χ3n) is 4.85. The van der Waals surface area contributed by atoms with Crippen molar-refractivity contribution in [3.8, 4) is 0 Å². The number of carbonyl (C=O) groups is 4. The molecule has 2 heterocycles. The highest BCUT2D eigenvalue weighted by Crippen LogP contribution is 2.27. The van der Waals surface area contributed by atoms with Crippen LogP contribution in [0.3, 0.4) is 0 Å². The SMILES string of the molecule is COC(=O)c1ccc(N2CC(C(=O)N3CCN(C=O)CC3)CC2=O)cc1. The lowest BCUT2D eigenvalue weighted by molar-refractivity contribution is -0.139. The minimum Gasteiger partial charge on any atom is -0.465 e. The number of anilines is 1. The second-order valence-electron chi connectivity index (χ2n) is 6.41. The van der Waals surface area contributed by atoms with Crippen LogP contribution in [0, 0.1) is 5.92 Å². The summed E-state index contributed by atoms with van der Waals surface area (Å²) in [7, 11) is 1.31. The average molecular weight is 359 g/mol. The van der Waals surface area contributed by atoms with Crippen molar-refractivity contribution in [3.63, 3.8) is 0 Å². The van der Waals surface area contributed by atoms with Crippen LogP contribution >= 0.6 is 0 Å². The topological polar surface area (TPSA) is 87.2 Å². The van der Waals surface area contributed by atoms with Gasteiger partial charge in [0.05, 0.1) is 18.6 Å². The van der Waals surface area contributed by atoms with Crippen molar-refractivity contribution in [3.05, 3.63) is 29.8 Å². The fourth-order valence-electron chi connectivity index (χ4n) is 3.32. The van der Waals surface area contributed by atoms with Gasteiger partial charge in [0, 0.05) is 44.8 Å². The van der Waals surface area contributed by atoms with Crippen LogP contribution in [0.5, 0.6) is 0 Å². The van der Waals surface area contributed by atoms with E-state index >= 15 is 0 Å². The molecule has 0 radical (unpaired) electrons. The number of ether oxygens (including phenoxy) is 1. The number of nitrogens with zero attached hydrogens (tertiary/aromatic N) is 3. The van der Waals surface area contributed by atoms with Gasteiger partial charge >= 0.3 is 5.97 Å². The van der Waals surface area contributed by atoms with Crippen molar-refractivity contribution in [2.45, 2.75) is 6.42 Å². The maximum Gasteiger partial charge on any atom is 0.337 e. The number of carbonyl (C=O) groups excluding carboxylic acids is 4. The van der Waals surface area contributed by atoms with Crippen LogP contribution in [-0.4, -0.2) is 73.8 Å². The van der Waals surface area contributed by atoms with Crippen molar-refractivity contribution in [2.24, 2.45) is 5.92 Å². The van der Waals surface area contributed by atoms with E-state index in [1.54, 1.807) is 39.0 Å². The molecule has 2 fully saturated rings. The quantitative estimate of drug-likeness (QED) is 0.563. The molecular formula is C18H21N3O5. The van der Waals surface area contributed by atoms with Crippen LogP contribution in [0.15, 0.2) is 24.3 Å². The van der Waals surface area contributed by atoms with Gasteiger partial charge in [0.2, 0.25) is 18.2 Å². The number of hydrogen-bond acceptors (Lipinski definition) is 5. The molecule has 1 atom stereocenters. The Kier molecular flexibility index (Phi) is 5.20. The van der Waals surface area contributed by atoms with Crippen molar-refractivity contribution < 1.29 is 23.9 Å². The Labute approximate surface area is 151 Å². The molecule has 3 rings (SSSR count). The first-order valence-corrected chi connectivity index (χ1v) is 8.50. The van der Waals surface area contributed by atoms with Gasteiger partial charge in [0.15, 0.2) is 0 Å². The molecule has 26 heavy (non-hydrogen) atoms. The van der Waals surface area contributed by atoms with E-state index in [2.05, 4.69) is 4.74 Å². The highest BCUT2D eigenvalue weighted by molar-refractivity contribution is 6.00. The van der Waals surface area contributed by atoms with Crippen molar-refractivity contribution in [2.75, 3.05) is 44.7 Å². The molecule has 0 N–H and O–H groups in total. The van der Waals surface area contributed by atoms with E-state index < -0.39 is 5.97 Å². The first-order chi connectivity index (χ1) is 12.5. The standard InChI is InChI=1S/C18H21N3O5/c1-26-18(25)13-2-4-15(5-3-13)21-11-14(10-16(21)23)17(24)20-8-6-19(12-22)7-9-20/h2-5,12,14H,6-11H2,1H3. The molecule has 2 aliphatic heterocycles. The van der Waals surface area contributed by atoms with Gasteiger partial charge in [-0.2, -0.15) is 0 Å². The second kappa shape index (κ2) is 7.55. The van der Waals surface area contributed by atoms with Gasteiger partial charge in [0.25, 0.3) is 0 Å². The summed E-state index contributed by atoms with van der Waals surface area (Å²) >= 11 is 0. The Hall–Kier alpha value is -2.90. The Morgan fingerprint density at radius 1 is 1.12 bits per heavy atom. The Morgan fingerprint density at radius 2 is 1.77 bits per heavy atom. The molecule has 0 bridgehead atoms. The minimum atomic E-state index is -0.438. The minimum absolute atomic E-state index is 0.0439. The van der Waals surface area contributed by atoms with Gasteiger partial charge in [-0.05, 0) is 24.3 Å². The molecule has 8 nitrogen and oxygen atoms in total. The molecule has 0 saturated carbocycles. The molecule has 3 amide bonds. The first-order valence-electron chi connectivity index (χ1n) is 8.50. The molecule has 0 aromatic heterocycles. The highest BCUT2D eigenvalue weighted by atomic mass is 16.5. The zero-order valence-corrected chi connectivity index (χ0v) is 14.6. The van der Waals surface area contributed by atoms with Crippen LogP contribution in [0.25, 0.3) is 0 Å². The predicted octanol–water partition coefficient (Wildman–Crippen LogP) is 0.127. The van der Waals surface area contributed by atoms with E-state index in [9.17, 15) is 19.2 Å². The molecule has 1 aromatic carbocycles. The number of piperazine rings is 1. The zero-order valence-electron chi connectivity index (χ0n) is 14.6. The fourth-order valence-corrected chi connectivity index (χ4v) is 3.32. The molecule has 138 valence electrons. The summed E-state index contributed by atoms with van der Waals surface area (Å²) in [6.07, 6.45) is 0.964. The van der Waals surface area contributed by atoms with Gasteiger partial charge < -0.3 is 19.4 Å². The van der Waals surface area contributed by atoms with E-state index in [4.69, 9.17) is 0 Å². The summed E-state index contributed by atoms with van der Waals surface area (Å²) in [5, 5.41) is 0. The normalized spacial score (nSPS) is 20.3. The summed E-state index contributed by atoms with van der Waals surface area (Å²) in [5.74, 6) is -0.976. The molecule has 1 aromatic rings. The Balaban J connectivity index is 1.64. The van der Waals surface area contributed by atoms with Crippen LogP contribution in [0.2, 0.25) is 0 Å². The molecular weight excluding hydrogens is 338 g/mol. The molecule has 2 aliphatic rings. The number of hydrogen-bond donors (Lipinski definition) is 0. The smallest absolute Gasteiger partial charge is 0.337 e. The fraction of sp³-hybridized carbons (Fsp3) is 0.444. The summed E-state index contributed by atoms with van der Waals surface area (Å²) in [6, 6.07) is 6.56. The van der Waals surface area contributed by atoms with Crippen LogP contribution in [-0.2, 0) is 19.1 Å². The first kappa shape index (κ1) is 17.9. The number of esters is 1. The zero-order chi connectivity index (χ0) is 18.7. The van der Waals surface area contributed by atoms with Crippen LogP contribution < -0.4 is 4.90 Å². The van der Waals surface area contributed by atoms with E-state index in [1.807, 2.05) is 0 Å². The Morgan fingerprint density at radius 3 is 2.35 bits per heavy atom. The maximum atomic E-state index is 12.7. The van der Waals surface area contributed by atoms with E-state index in [0.717, 1.165) is 6.41 Å². The van der Waals surface area contributed by atoms with Gasteiger partial charge in [-0.1, -0.05) is 0 Å².